The number of allylic oxidation sites excluding steroid dienone is 1. The van der Waals surface area contributed by atoms with E-state index in [-0.39, 0.29) is 17.4 Å². The average molecular weight is 441 g/mol. The average Bonchev–Trinajstić information content (AvgIpc) is 3.01. The number of hydrogen-bond donors (Lipinski definition) is 2. The van der Waals surface area contributed by atoms with E-state index in [1.807, 2.05) is 48.5 Å². The summed E-state index contributed by atoms with van der Waals surface area (Å²) in [5, 5.41) is 18.1. The molecule has 166 valence electrons. The number of hydrogen-bond acceptors (Lipinski definition) is 6. The van der Waals surface area contributed by atoms with Crippen LogP contribution in [0.3, 0.4) is 0 Å². The smallest absolute Gasteiger partial charge is 0.269 e. The summed E-state index contributed by atoms with van der Waals surface area (Å²) in [5.41, 5.74) is 5.27. The fourth-order valence-corrected chi connectivity index (χ4v) is 4.64. The third kappa shape index (κ3) is 3.93. The van der Waals surface area contributed by atoms with Gasteiger partial charge in [-0.3, -0.25) is 14.9 Å². The second-order valence-electron chi connectivity index (χ2n) is 8.29. The molecule has 2 aliphatic rings. The molecule has 1 aliphatic carbocycles. The number of nitrogens with one attached hydrogen (secondary N) is 2. The number of non-ortho nitro benzene ring substituents is 1. The van der Waals surface area contributed by atoms with Gasteiger partial charge < -0.3 is 15.4 Å². The largest absolute Gasteiger partial charge is 0.497 e. The van der Waals surface area contributed by atoms with Gasteiger partial charge in [0.1, 0.15) is 5.75 Å². The molecule has 1 aliphatic heterocycles. The minimum absolute atomic E-state index is 0.0228. The second-order valence-corrected chi connectivity index (χ2v) is 8.29. The summed E-state index contributed by atoms with van der Waals surface area (Å²) < 4.78 is 5.27. The Balaban J connectivity index is 1.56. The van der Waals surface area contributed by atoms with Crippen molar-refractivity contribution in [1.29, 1.82) is 0 Å². The van der Waals surface area contributed by atoms with Crippen LogP contribution in [-0.4, -0.2) is 17.8 Å². The molecule has 0 spiro atoms. The van der Waals surface area contributed by atoms with E-state index < -0.39 is 11.0 Å². The highest BCUT2D eigenvalue weighted by Gasteiger charge is 2.36. The number of carbonyl (C=O) groups is 1. The monoisotopic (exact) mass is 441 g/mol. The second kappa shape index (κ2) is 8.43. The quantitative estimate of drug-likeness (QED) is 0.405. The molecule has 0 saturated heterocycles. The van der Waals surface area contributed by atoms with Crippen LogP contribution in [0.2, 0.25) is 0 Å². The number of nitro benzene ring substituents is 1. The van der Waals surface area contributed by atoms with Gasteiger partial charge >= 0.3 is 0 Å². The van der Waals surface area contributed by atoms with E-state index in [2.05, 4.69) is 10.6 Å². The van der Waals surface area contributed by atoms with Gasteiger partial charge in [-0.25, -0.2) is 0 Å². The van der Waals surface area contributed by atoms with Crippen LogP contribution in [0.1, 0.15) is 35.9 Å². The van der Waals surface area contributed by atoms with Crippen LogP contribution in [0, 0.1) is 10.1 Å². The molecule has 3 aromatic carbocycles. The normalized spacial score (nSPS) is 19.5. The van der Waals surface area contributed by atoms with Crippen LogP contribution in [0.5, 0.6) is 5.75 Å². The standard InChI is InChI=1S/C26H23N3O4/c1-33-20-12-8-16(9-13-20)18-14-23-25(24(30)15-18)26(17-6-10-19(11-7-17)29(31)32)28-22-5-3-2-4-21(22)27-23/h2-13,18,26-28H,14-15H2,1H3. The number of ether oxygens (including phenoxy) is 1. The summed E-state index contributed by atoms with van der Waals surface area (Å²) in [6, 6.07) is 21.7. The van der Waals surface area contributed by atoms with Gasteiger partial charge in [-0.15, -0.1) is 0 Å². The molecule has 0 fully saturated rings. The Hall–Kier alpha value is -4.13. The summed E-state index contributed by atoms with van der Waals surface area (Å²) in [5.74, 6) is 0.899. The summed E-state index contributed by atoms with van der Waals surface area (Å²) in [4.78, 5) is 24.2. The number of Topliss-reactive ketones (excluding diaryl/α,β-unsaturated/α-hetero) is 1. The fraction of sp³-hybridized carbons (Fsp3) is 0.192. The number of rotatable bonds is 4. The number of methoxy groups -OCH3 is 1. The maximum atomic E-state index is 13.5. The van der Waals surface area contributed by atoms with Crippen molar-refractivity contribution in [2.75, 3.05) is 17.7 Å². The Morgan fingerprint density at radius 2 is 1.58 bits per heavy atom. The van der Waals surface area contributed by atoms with Crippen molar-refractivity contribution in [3.05, 3.63) is 105 Å². The van der Waals surface area contributed by atoms with Crippen LogP contribution < -0.4 is 15.4 Å². The molecular formula is C26H23N3O4. The van der Waals surface area contributed by atoms with E-state index >= 15 is 0 Å². The minimum Gasteiger partial charge on any atom is -0.497 e. The van der Waals surface area contributed by atoms with Gasteiger partial charge in [0, 0.05) is 29.8 Å². The van der Waals surface area contributed by atoms with Gasteiger partial charge in [-0.1, -0.05) is 24.3 Å². The lowest BCUT2D eigenvalue weighted by molar-refractivity contribution is -0.384. The molecule has 2 N–H and O–H groups in total. The molecule has 7 nitrogen and oxygen atoms in total. The van der Waals surface area contributed by atoms with E-state index in [4.69, 9.17) is 4.74 Å². The number of anilines is 2. The zero-order chi connectivity index (χ0) is 22.9. The van der Waals surface area contributed by atoms with E-state index in [9.17, 15) is 14.9 Å². The zero-order valence-corrected chi connectivity index (χ0v) is 18.1. The van der Waals surface area contributed by atoms with Gasteiger partial charge in [-0.2, -0.15) is 0 Å². The third-order valence-corrected chi connectivity index (χ3v) is 6.33. The highest BCUT2D eigenvalue weighted by atomic mass is 16.6. The predicted octanol–water partition coefficient (Wildman–Crippen LogP) is 5.58. The Labute approximate surface area is 191 Å². The number of carbonyl (C=O) groups excluding carboxylic acids is 1. The first-order valence-corrected chi connectivity index (χ1v) is 10.8. The molecule has 0 radical (unpaired) electrons. The van der Waals surface area contributed by atoms with E-state index in [0.717, 1.165) is 33.9 Å². The molecule has 2 unspecified atom stereocenters. The predicted molar refractivity (Wildman–Crippen MR) is 127 cm³/mol. The molecule has 7 heteroatoms. The van der Waals surface area contributed by atoms with Gasteiger partial charge in [0.05, 0.1) is 29.4 Å². The Morgan fingerprint density at radius 3 is 2.24 bits per heavy atom. The maximum absolute atomic E-state index is 13.5. The van der Waals surface area contributed by atoms with Crippen LogP contribution >= 0.6 is 0 Å². The highest BCUT2D eigenvalue weighted by molar-refractivity contribution is 6.01. The molecule has 33 heavy (non-hydrogen) atoms. The van der Waals surface area contributed by atoms with Crippen molar-refractivity contribution in [1.82, 2.24) is 0 Å². The number of nitro groups is 1. The lowest BCUT2D eigenvalue weighted by Gasteiger charge is -2.30. The fourth-order valence-electron chi connectivity index (χ4n) is 4.64. The Morgan fingerprint density at radius 1 is 0.909 bits per heavy atom. The van der Waals surface area contributed by atoms with Gasteiger partial charge in [-0.05, 0) is 59.9 Å². The zero-order valence-electron chi connectivity index (χ0n) is 18.1. The number of nitrogens with zero attached hydrogens (tertiary/aromatic N) is 1. The topological polar surface area (TPSA) is 93.5 Å². The Bertz CT molecular complexity index is 1250. The van der Waals surface area contributed by atoms with Gasteiger partial charge in [0.15, 0.2) is 5.78 Å². The van der Waals surface area contributed by atoms with Crippen molar-refractivity contribution in [3.8, 4) is 5.75 Å². The van der Waals surface area contributed by atoms with E-state index in [1.165, 1.54) is 12.1 Å². The summed E-state index contributed by atoms with van der Waals surface area (Å²) in [6.07, 6.45) is 1.08. The van der Waals surface area contributed by atoms with Gasteiger partial charge in [0.25, 0.3) is 5.69 Å². The molecule has 0 bridgehead atoms. The van der Waals surface area contributed by atoms with Crippen molar-refractivity contribution in [2.24, 2.45) is 0 Å². The molecular weight excluding hydrogens is 418 g/mol. The molecule has 3 aromatic rings. The van der Waals surface area contributed by atoms with Crippen molar-refractivity contribution >= 4 is 22.8 Å². The molecule has 0 aromatic heterocycles. The van der Waals surface area contributed by atoms with E-state index in [0.29, 0.717) is 18.4 Å². The molecule has 0 saturated carbocycles. The summed E-state index contributed by atoms with van der Waals surface area (Å²) >= 11 is 0. The first-order chi connectivity index (χ1) is 16.0. The molecule has 0 amide bonds. The number of para-hydroxylation sites is 2. The van der Waals surface area contributed by atoms with Crippen LogP contribution in [0.4, 0.5) is 17.1 Å². The van der Waals surface area contributed by atoms with Crippen molar-refractivity contribution in [3.63, 3.8) is 0 Å². The number of benzene rings is 3. The maximum Gasteiger partial charge on any atom is 0.269 e. The first-order valence-electron chi connectivity index (χ1n) is 10.8. The number of fused-ring (bicyclic) bond motifs is 1. The lowest BCUT2D eigenvalue weighted by Crippen LogP contribution is -2.26. The van der Waals surface area contributed by atoms with Crippen LogP contribution in [0.15, 0.2) is 84.1 Å². The first kappa shape index (κ1) is 20.8. The molecule has 2 atom stereocenters. The number of ketones is 1. The minimum atomic E-state index is -0.420. The lowest BCUT2D eigenvalue weighted by atomic mass is 9.78. The van der Waals surface area contributed by atoms with Crippen molar-refractivity contribution < 1.29 is 14.5 Å². The molecule has 5 rings (SSSR count). The van der Waals surface area contributed by atoms with Gasteiger partial charge in [0.2, 0.25) is 0 Å². The third-order valence-electron chi connectivity index (χ3n) is 6.33. The summed E-state index contributed by atoms with van der Waals surface area (Å²) in [6.45, 7) is 0. The molecule has 1 heterocycles. The SMILES string of the molecule is COc1ccc(C2CC(=O)C3=C(C2)Nc2ccccc2NC3c2ccc([N+](=O)[O-])cc2)cc1. The highest BCUT2D eigenvalue weighted by Crippen LogP contribution is 2.44. The van der Waals surface area contributed by atoms with Crippen LogP contribution in [-0.2, 0) is 4.79 Å². The Kier molecular flexibility index (Phi) is 5.30. The van der Waals surface area contributed by atoms with Crippen LogP contribution in [0.25, 0.3) is 0 Å². The van der Waals surface area contributed by atoms with E-state index in [1.54, 1.807) is 19.2 Å². The summed E-state index contributed by atoms with van der Waals surface area (Å²) in [7, 11) is 1.63. The van der Waals surface area contributed by atoms with Crippen molar-refractivity contribution in [2.45, 2.75) is 24.8 Å².